The Balaban J connectivity index is 1.97. The highest BCUT2D eigenvalue weighted by Crippen LogP contribution is 2.19. The number of H-pyrrole nitrogens is 2. The van der Waals surface area contributed by atoms with Gasteiger partial charge in [0.1, 0.15) is 6.04 Å². The van der Waals surface area contributed by atoms with Gasteiger partial charge in [0.05, 0.1) is 11.2 Å². The van der Waals surface area contributed by atoms with Crippen LogP contribution in [0.4, 0.5) is 5.82 Å². The SMILES string of the molecule is C[C@@H](Nc1n[nH]c(=O)[nH]c1=O)C(=O)N/N=C\c1ccc(Cl)cc1Cl. The zero-order valence-electron chi connectivity index (χ0n) is 12.3. The molecule has 0 saturated heterocycles. The van der Waals surface area contributed by atoms with Crippen LogP contribution in [0.2, 0.25) is 10.0 Å². The van der Waals surface area contributed by atoms with E-state index in [-0.39, 0.29) is 5.82 Å². The number of nitrogens with one attached hydrogen (secondary N) is 4. The van der Waals surface area contributed by atoms with Crippen LogP contribution in [0, 0.1) is 0 Å². The molecule has 24 heavy (non-hydrogen) atoms. The molecule has 1 atom stereocenters. The van der Waals surface area contributed by atoms with Gasteiger partial charge >= 0.3 is 5.69 Å². The summed E-state index contributed by atoms with van der Waals surface area (Å²) in [5.74, 6) is -0.717. The summed E-state index contributed by atoms with van der Waals surface area (Å²) in [5.41, 5.74) is 1.37. The smallest absolute Gasteiger partial charge is 0.342 e. The van der Waals surface area contributed by atoms with Gasteiger partial charge in [-0.05, 0) is 19.1 Å². The number of hydrogen-bond donors (Lipinski definition) is 4. The van der Waals surface area contributed by atoms with Gasteiger partial charge in [0.15, 0.2) is 0 Å². The molecule has 0 fully saturated rings. The first-order chi connectivity index (χ1) is 11.4. The lowest BCUT2D eigenvalue weighted by Gasteiger charge is -2.11. The summed E-state index contributed by atoms with van der Waals surface area (Å²) in [6.45, 7) is 1.49. The quantitative estimate of drug-likeness (QED) is 0.454. The number of carbonyl (C=O) groups is 1. The number of rotatable bonds is 5. The molecule has 1 heterocycles. The number of hydrogen-bond acceptors (Lipinski definition) is 6. The number of aromatic amines is 2. The van der Waals surface area contributed by atoms with Crippen molar-refractivity contribution in [3.05, 3.63) is 54.6 Å². The van der Waals surface area contributed by atoms with Gasteiger partial charge in [-0.25, -0.2) is 15.3 Å². The van der Waals surface area contributed by atoms with E-state index in [0.29, 0.717) is 15.6 Å². The molecule has 1 aromatic carbocycles. The Morgan fingerprint density at radius 2 is 2.12 bits per heavy atom. The predicted molar refractivity (Wildman–Crippen MR) is 90.8 cm³/mol. The Hall–Kier alpha value is -2.65. The fourth-order valence-electron chi connectivity index (χ4n) is 1.58. The van der Waals surface area contributed by atoms with E-state index in [1.54, 1.807) is 18.2 Å². The van der Waals surface area contributed by atoms with Crippen molar-refractivity contribution < 1.29 is 4.79 Å². The first kappa shape index (κ1) is 17.7. The molecule has 0 spiro atoms. The molecule has 2 aromatic rings. The van der Waals surface area contributed by atoms with E-state index in [0.717, 1.165) is 0 Å². The summed E-state index contributed by atoms with van der Waals surface area (Å²) >= 11 is 11.7. The summed E-state index contributed by atoms with van der Waals surface area (Å²) in [6.07, 6.45) is 1.36. The maximum atomic E-state index is 11.9. The van der Waals surface area contributed by atoms with Crippen molar-refractivity contribution in [1.29, 1.82) is 0 Å². The molecule has 0 aliphatic carbocycles. The number of carbonyl (C=O) groups excluding carboxylic acids is 1. The van der Waals surface area contributed by atoms with E-state index < -0.39 is 23.2 Å². The van der Waals surface area contributed by atoms with Crippen molar-refractivity contribution in [1.82, 2.24) is 20.6 Å². The molecular formula is C13H12Cl2N6O3. The first-order valence-electron chi connectivity index (χ1n) is 6.60. The number of hydrazone groups is 1. The molecular weight excluding hydrogens is 359 g/mol. The second-order valence-electron chi connectivity index (χ2n) is 4.62. The molecule has 2 rings (SSSR count). The van der Waals surface area contributed by atoms with Crippen LogP contribution in [-0.2, 0) is 4.79 Å². The largest absolute Gasteiger partial charge is 0.353 e. The third-order valence-electron chi connectivity index (χ3n) is 2.80. The summed E-state index contributed by atoms with van der Waals surface area (Å²) in [6, 6.07) is 3.99. The van der Waals surface area contributed by atoms with Crippen molar-refractivity contribution >= 4 is 41.1 Å². The van der Waals surface area contributed by atoms with Crippen LogP contribution in [0.15, 0.2) is 32.9 Å². The predicted octanol–water partition coefficient (Wildman–Crippen LogP) is 0.716. The fourth-order valence-corrected chi connectivity index (χ4v) is 2.04. The second-order valence-corrected chi connectivity index (χ2v) is 5.47. The molecule has 1 amide bonds. The summed E-state index contributed by atoms with van der Waals surface area (Å²) in [5, 5.41) is 12.8. The first-order valence-corrected chi connectivity index (χ1v) is 7.36. The van der Waals surface area contributed by atoms with Gasteiger partial charge in [0.25, 0.3) is 11.5 Å². The van der Waals surface area contributed by atoms with Crippen molar-refractivity contribution in [2.24, 2.45) is 5.10 Å². The van der Waals surface area contributed by atoms with Gasteiger partial charge in [0, 0.05) is 10.6 Å². The van der Waals surface area contributed by atoms with Crippen molar-refractivity contribution in [2.75, 3.05) is 5.32 Å². The average Bonchev–Trinajstić information content (AvgIpc) is 2.52. The minimum atomic E-state index is -0.831. The molecule has 0 bridgehead atoms. The van der Waals surface area contributed by atoms with Gasteiger partial charge in [-0.2, -0.15) is 5.10 Å². The molecule has 1 aromatic heterocycles. The molecule has 0 unspecified atom stereocenters. The van der Waals surface area contributed by atoms with Gasteiger partial charge in [-0.15, -0.1) is 5.10 Å². The molecule has 0 radical (unpaired) electrons. The third-order valence-corrected chi connectivity index (χ3v) is 3.36. The Labute approximate surface area is 145 Å². The third kappa shape index (κ3) is 4.67. The average molecular weight is 371 g/mol. The van der Waals surface area contributed by atoms with Crippen molar-refractivity contribution in [3.63, 3.8) is 0 Å². The lowest BCUT2D eigenvalue weighted by Crippen LogP contribution is -2.38. The maximum absolute atomic E-state index is 11.9. The molecule has 0 saturated carbocycles. The van der Waals surface area contributed by atoms with Crippen molar-refractivity contribution in [3.8, 4) is 0 Å². The number of aromatic nitrogens is 3. The topological polar surface area (TPSA) is 132 Å². The Kier molecular flexibility index (Phi) is 5.72. The van der Waals surface area contributed by atoms with Gasteiger partial charge < -0.3 is 5.32 Å². The van der Waals surface area contributed by atoms with E-state index in [2.05, 4.69) is 26.0 Å². The Morgan fingerprint density at radius 1 is 1.38 bits per heavy atom. The number of anilines is 1. The van der Waals surface area contributed by atoms with Gasteiger partial charge in [-0.3, -0.25) is 14.6 Å². The van der Waals surface area contributed by atoms with Crippen LogP contribution in [0.1, 0.15) is 12.5 Å². The van der Waals surface area contributed by atoms with Crippen LogP contribution in [-0.4, -0.2) is 33.3 Å². The van der Waals surface area contributed by atoms with Crippen LogP contribution in [0.3, 0.4) is 0 Å². The van der Waals surface area contributed by atoms with E-state index in [1.165, 1.54) is 13.1 Å². The van der Waals surface area contributed by atoms with Crippen LogP contribution >= 0.6 is 23.2 Å². The number of nitrogens with zero attached hydrogens (tertiary/aromatic N) is 2. The minimum Gasteiger partial charge on any atom is -0.353 e. The zero-order chi connectivity index (χ0) is 17.7. The monoisotopic (exact) mass is 370 g/mol. The molecule has 4 N–H and O–H groups in total. The van der Waals surface area contributed by atoms with Crippen LogP contribution in [0.5, 0.6) is 0 Å². The van der Waals surface area contributed by atoms with Gasteiger partial charge in [-0.1, -0.05) is 29.3 Å². The maximum Gasteiger partial charge on any atom is 0.342 e. The number of halogens is 2. The van der Waals surface area contributed by atoms with E-state index in [4.69, 9.17) is 23.2 Å². The van der Waals surface area contributed by atoms with Crippen molar-refractivity contribution in [2.45, 2.75) is 13.0 Å². The van der Waals surface area contributed by atoms with E-state index >= 15 is 0 Å². The lowest BCUT2D eigenvalue weighted by molar-refractivity contribution is -0.121. The highest BCUT2D eigenvalue weighted by atomic mass is 35.5. The molecule has 0 aliphatic rings. The molecule has 0 aliphatic heterocycles. The Morgan fingerprint density at radius 3 is 2.79 bits per heavy atom. The fraction of sp³-hybridized carbons (Fsp3) is 0.154. The molecule has 126 valence electrons. The standard InChI is InChI=1S/C13H12Cl2N6O3/c1-6(17-10-12(23)18-13(24)21-19-10)11(22)20-16-5-7-2-3-8(14)4-9(7)15/h2-6H,1H3,(H,17,19)(H,20,22)(H2,18,21,23,24)/b16-5-/t6-/m1/s1. The Bertz CT molecular complexity index is 892. The molecule has 11 heteroatoms. The molecule has 9 nitrogen and oxygen atoms in total. The normalized spacial score (nSPS) is 12.1. The lowest BCUT2D eigenvalue weighted by atomic mass is 10.2. The summed E-state index contributed by atoms with van der Waals surface area (Å²) in [4.78, 5) is 36.2. The zero-order valence-corrected chi connectivity index (χ0v) is 13.8. The van der Waals surface area contributed by atoms with E-state index in [9.17, 15) is 14.4 Å². The highest BCUT2D eigenvalue weighted by molar-refractivity contribution is 6.36. The number of benzene rings is 1. The van der Waals surface area contributed by atoms with Crippen LogP contribution < -0.4 is 22.0 Å². The summed E-state index contributed by atoms with van der Waals surface area (Å²) in [7, 11) is 0. The van der Waals surface area contributed by atoms with E-state index in [1.807, 2.05) is 4.98 Å². The second kappa shape index (κ2) is 7.75. The minimum absolute atomic E-state index is 0.193. The number of amides is 1. The summed E-state index contributed by atoms with van der Waals surface area (Å²) < 4.78 is 0. The highest BCUT2D eigenvalue weighted by Gasteiger charge is 2.14. The van der Waals surface area contributed by atoms with Gasteiger partial charge in [0.2, 0.25) is 5.82 Å². The van der Waals surface area contributed by atoms with Crippen LogP contribution in [0.25, 0.3) is 0 Å².